The molecule has 0 saturated heterocycles. The van der Waals surface area contributed by atoms with Gasteiger partial charge in [0.1, 0.15) is 11.4 Å². The van der Waals surface area contributed by atoms with E-state index < -0.39 is 11.6 Å². The van der Waals surface area contributed by atoms with Crippen molar-refractivity contribution in [1.82, 2.24) is 9.55 Å². The normalized spacial score (nSPS) is 10.7. The third-order valence-electron chi connectivity index (χ3n) is 2.44. The molecule has 0 spiro atoms. The van der Waals surface area contributed by atoms with Crippen LogP contribution in [-0.4, -0.2) is 22.9 Å². The number of nitrogens with zero attached hydrogens (tertiary/aromatic N) is 2. The smallest absolute Gasteiger partial charge is 0.172 e. The van der Waals surface area contributed by atoms with E-state index in [0.717, 1.165) is 12.1 Å². The Balaban J connectivity index is 2.63. The Hall–Kier alpha value is -1.56. The number of ether oxygens (including phenoxy) is 1. The predicted octanol–water partition coefficient (Wildman–Crippen LogP) is 3.19. The number of aromatic nitrogens is 2. The zero-order chi connectivity index (χ0) is 13.3. The molecule has 1 aromatic carbocycles. The first kappa shape index (κ1) is 12.9. The molecule has 0 atom stereocenters. The number of rotatable bonds is 3. The van der Waals surface area contributed by atoms with Gasteiger partial charge in [0.05, 0.1) is 12.8 Å². The van der Waals surface area contributed by atoms with Crippen molar-refractivity contribution in [2.24, 2.45) is 0 Å². The highest BCUT2D eigenvalue weighted by molar-refractivity contribution is 7.98. The summed E-state index contributed by atoms with van der Waals surface area (Å²) in [6.45, 7) is 1.77. The van der Waals surface area contributed by atoms with Gasteiger partial charge in [-0.25, -0.2) is 13.8 Å². The second kappa shape index (κ2) is 4.97. The minimum absolute atomic E-state index is 0.138. The number of methoxy groups -OCH3 is 1. The van der Waals surface area contributed by atoms with Gasteiger partial charge in [-0.3, -0.25) is 4.57 Å². The van der Waals surface area contributed by atoms with Gasteiger partial charge in [0.15, 0.2) is 16.8 Å². The lowest BCUT2D eigenvalue weighted by Crippen LogP contribution is -2.02. The zero-order valence-electron chi connectivity index (χ0n) is 10.2. The van der Waals surface area contributed by atoms with E-state index in [1.807, 2.05) is 0 Å². The van der Waals surface area contributed by atoms with Crippen molar-refractivity contribution >= 4 is 11.8 Å². The minimum atomic E-state index is -0.681. The Morgan fingerprint density at radius 1 is 1.28 bits per heavy atom. The summed E-state index contributed by atoms with van der Waals surface area (Å²) >= 11 is 1.33. The second-order valence-corrected chi connectivity index (χ2v) is 4.45. The van der Waals surface area contributed by atoms with Crippen LogP contribution in [0.4, 0.5) is 8.78 Å². The van der Waals surface area contributed by atoms with Gasteiger partial charge in [-0.2, -0.15) is 0 Å². The van der Waals surface area contributed by atoms with Crippen LogP contribution in [0.15, 0.2) is 23.5 Å². The first-order valence-electron chi connectivity index (χ1n) is 5.20. The summed E-state index contributed by atoms with van der Waals surface area (Å²) in [5.74, 6) is -1.21. The molecule has 1 heterocycles. The van der Waals surface area contributed by atoms with E-state index in [0.29, 0.717) is 10.9 Å². The lowest BCUT2D eigenvalue weighted by atomic mass is 10.2. The molecule has 0 radical (unpaired) electrons. The van der Waals surface area contributed by atoms with Crippen LogP contribution >= 0.6 is 11.8 Å². The average Bonchev–Trinajstić information content (AvgIpc) is 2.69. The van der Waals surface area contributed by atoms with Crippen molar-refractivity contribution in [2.75, 3.05) is 13.4 Å². The van der Waals surface area contributed by atoms with Crippen LogP contribution in [0.5, 0.6) is 5.75 Å². The lowest BCUT2D eigenvalue weighted by Gasteiger charge is -2.10. The molecule has 0 amide bonds. The van der Waals surface area contributed by atoms with Crippen molar-refractivity contribution in [3.63, 3.8) is 0 Å². The molecule has 0 aliphatic heterocycles. The molecule has 96 valence electrons. The molecule has 0 fully saturated rings. The molecule has 2 aromatic rings. The first-order valence-corrected chi connectivity index (χ1v) is 6.42. The molecule has 0 N–H and O–H groups in total. The molecule has 0 aliphatic carbocycles. The SMILES string of the molecule is COc1cc(F)c(-n2cc(C)nc2SC)c(F)c1. The average molecular weight is 270 g/mol. The van der Waals surface area contributed by atoms with Crippen LogP contribution in [-0.2, 0) is 0 Å². The second-order valence-electron chi connectivity index (χ2n) is 3.68. The first-order chi connectivity index (χ1) is 8.56. The maximum Gasteiger partial charge on any atom is 0.172 e. The minimum Gasteiger partial charge on any atom is -0.497 e. The number of aryl methyl sites for hydroxylation is 1. The van der Waals surface area contributed by atoms with E-state index in [1.54, 1.807) is 19.4 Å². The molecule has 6 heteroatoms. The lowest BCUT2D eigenvalue weighted by molar-refractivity contribution is 0.406. The van der Waals surface area contributed by atoms with Crippen molar-refractivity contribution < 1.29 is 13.5 Å². The van der Waals surface area contributed by atoms with E-state index >= 15 is 0 Å². The van der Waals surface area contributed by atoms with Gasteiger partial charge in [0.2, 0.25) is 0 Å². The molecular weight excluding hydrogens is 258 g/mol. The van der Waals surface area contributed by atoms with E-state index in [9.17, 15) is 8.78 Å². The third-order valence-corrected chi connectivity index (χ3v) is 3.10. The fourth-order valence-corrected chi connectivity index (χ4v) is 2.25. The van der Waals surface area contributed by atoms with Crippen LogP contribution < -0.4 is 4.74 Å². The molecule has 3 nitrogen and oxygen atoms in total. The maximum atomic E-state index is 13.9. The van der Waals surface area contributed by atoms with Crippen molar-refractivity contribution in [1.29, 1.82) is 0 Å². The summed E-state index contributed by atoms with van der Waals surface area (Å²) in [6.07, 6.45) is 3.40. The Bertz CT molecular complexity index is 560. The van der Waals surface area contributed by atoms with Crippen molar-refractivity contribution in [2.45, 2.75) is 12.1 Å². The number of halogens is 2. The molecule has 0 unspecified atom stereocenters. The molecular formula is C12H12F2N2OS. The van der Waals surface area contributed by atoms with Gasteiger partial charge >= 0.3 is 0 Å². The summed E-state index contributed by atoms with van der Waals surface area (Å²) in [6, 6.07) is 2.30. The summed E-state index contributed by atoms with van der Waals surface area (Å²) in [5, 5.41) is 0.537. The summed E-state index contributed by atoms with van der Waals surface area (Å²) in [4.78, 5) is 4.19. The standard InChI is InChI=1S/C12H12F2N2OS/c1-7-6-16(12(15-7)18-3)11-9(13)4-8(17-2)5-10(11)14/h4-6H,1-3H3. The summed E-state index contributed by atoms with van der Waals surface area (Å²) in [7, 11) is 1.36. The molecule has 0 bridgehead atoms. The summed E-state index contributed by atoms with van der Waals surface area (Å²) in [5.41, 5.74) is 0.565. The quantitative estimate of drug-likeness (QED) is 0.801. The molecule has 2 rings (SSSR count). The molecule has 18 heavy (non-hydrogen) atoms. The van der Waals surface area contributed by atoms with E-state index in [2.05, 4.69) is 4.98 Å². The van der Waals surface area contributed by atoms with Gasteiger partial charge in [0, 0.05) is 18.3 Å². The van der Waals surface area contributed by atoms with Crippen LogP contribution in [0.3, 0.4) is 0 Å². The van der Waals surface area contributed by atoms with Gasteiger partial charge in [-0.15, -0.1) is 0 Å². The van der Waals surface area contributed by atoms with E-state index in [4.69, 9.17) is 4.74 Å². The predicted molar refractivity (Wildman–Crippen MR) is 66.6 cm³/mol. The van der Waals surface area contributed by atoms with Crippen LogP contribution in [0.25, 0.3) is 5.69 Å². The fraction of sp³-hybridized carbons (Fsp3) is 0.250. The molecule has 0 saturated carbocycles. The van der Waals surface area contributed by atoms with Gasteiger partial charge in [-0.1, -0.05) is 11.8 Å². The van der Waals surface area contributed by atoms with Gasteiger partial charge in [-0.05, 0) is 13.2 Å². The van der Waals surface area contributed by atoms with E-state index in [-0.39, 0.29) is 11.4 Å². The van der Waals surface area contributed by atoms with Gasteiger partial charge in [0.25, 0.3) is 0 Å². The Labute approximate surface area is 108 Å². The van der Waals surface area contributed by atoms with Crippen LogP contribution in [0.2, 0.25) is 0 Å². The molecule has 1 aromatic heterocycles. The number of imidazole rings is 1. The highest BCUT2D eigenvalue weighted by Gasteiger charge is 2.17. The molecule has 0 aliphatic rings. The van der Waals surface area contributed by atoms with Crippen LogP contribution in [0.1, 0.15) is 5.69 Å². The number of hydrogen-bond donors (Lipinski definition) is 0. The zero-order valence-corrected chi connectivity index (χ0v) is 11.0. The number of benzene rings is 1. The highest BCUT2D eigenvalue weighted by Crippen LogP contribution is 2.27. The summed E-state index contributed by atoms with van der Waals surface area (Å²) < 4.78 is 34.1. The van der Waals surface area contributed by atoms with Crippen molar-refractivity contribution in [3.8, 4) is 11.4 Å². The highest BCUT2D eigenvalue weighted by atomic mass is 32.2. The Morgan fingerprint density at radius 2 is 1.89 bits per heavy atom. The van der Waals surface area contributed by atoms with E-state index in [1.165, 1.54) is 23.4 Å². The fourth-order valence-electron chi connectivity index (χ4n) is 1.67. The topological polar surface area (TPSA) is 27.1 Å². The van der Waals surface area contributed by atoms with Crippen LogP contribution in [0, 0.1) is 18.6 Å². The van der Waals surface area contributed by atoms with Gasteiger partial charge < -0.3 is 4.74 Å². The maximum absolute atomic E-state index is 13.9. The largest absolute Gasteiger partial charge is 0.497 e. The Kier molecular flexibility index (Phi) is 3.56. The number of thioether (sulfide) groups is 1. The third kappa shape index (κ3) is 2.20. The Morgan fingerprint density at radius 3 is 2.39 bits per heavy atom. The number of hydrogen-bond acceptors (Lipinski definition) is 3. The monoisotopic (exact) mass is 270 g/mol. The van der Waals surface area contributed by atoms with Crippen molar-refractivity contribution in [3.05, 3.63) is 35.7 Å².